The van der Waals surface area contributed by atoms with Gasteiger partial charge in [0.05, 0.1) is 0 Å². The predicted molar refractivity (Wildman–Crippen MR) is 43.8 cm³/mol. The number of hydrogen-bond donors (Lipinski definition) is 2. The molecule has 0 spiro atoms. The zero-order valence-corrected chi connectivity index (χ0v) is 7.29. The van der Waals surface area contributed by atoms with Gasteiger partial charge in [-0.2, -0.15) is 0 Å². The van der Waals surface area contributed by atoms with Gasteiger partial charge in [-0.05, 0) is 6.92 Å². The van der Waals surface area contributed by atoms with Crippen molar-refractivity contribution in [1.29, 1.82) is 0 Å². The molecular formula is C7H11N3O3. The largest absolute Gasteiger partial charge is 0.338 e. The van der Waals surface area contributed by atoms with E-state index in [0.29, 0.717) is 6.54 Å². The topological polar surface area (TPSA) is 78.5 Å². The Kier molecular flexibility index (Phi) is 2.84. The number of rotatable bonds is 1. The van der Waals surface area contributed by atoms with Crippen molar-refractivity contribution in [2.75, 3.05) is 19.6 Å². The molecule has 0 unspecified atom stereocenters. The molecule has 0 radical (unpaired) electrons. The van der Waals surface area contributed by atoms with Crippen LogP contribution in [0.4, 0.5) is 4.79 Å². The van der Waals surface area contributed by atoms with Crippen molar-refractivity contribution >= 4 is 17.8 Å². The second kappa shape index (κ2) is 3.88. The van der Waals surface area contributed by atoms with E-state index < -0.39 is 11.8 Å². The molecule has 1 saturated heterocycles. The van der Waals surface area contributed by atoms with Crippen molar-refractivity contribution in [1.82, 2.24) is 15.5 Å². The summed E-state index contributed by atoms with van der Waals surface area (Å²) in [5.74, 6) is -0.884. The number of carbonyl (C=O) groups excluding carboxylic acids is 3. The highest BCUT2D eigenvalue weighted by Gasteiger charge is 2.25. The lowest BCUT2D eigenvalue weighted by molar-refractivity contribution is -0.134. The van der Waals surface area contributed by atoms with Crippen LogP contribution in [0.25, 0.3) is 0 Å². The van der Waals surface area contributed by atoms with Crippen LogP contribution in [0.15, 0.2) is 0 Å². The van der Waals surface area contributed by atoms with E-state index in [1.165, 1.54) is 4.90 Å². The van der Waals surface area contributed by atoms with E-state index in [1.54, 1.807) is 6.92 Å². The molecule has 4 amide bonds. The molecule has 2 N–H and O–H groups in total. The van der Waals surface area contributed by atoms with E-state index in [2.05, 4.69) is 10.6 Å². The van der Waals surface area contributed by atoms with Crippen LogP contribution < -0.4 is 10.6 Å². The average molecular weight is 185 g/mol. The molecule has 0 aliphatic carbocycles. The molecule has 13 heavy (non-hydrogen) atoms. The normalized spacial score (nSPS) is 16.8. The lowest BCUT2D eigenvalue weighted by Crippen LogP contribution is -2.55. The molecule has 1 fully saturated rings. The minimum absolute atomic E-state index is 0.0580. The third-order valence-corrected chi connectivity index (χ3v) is 1.56. The minimum Gasteiger partial charge on any atom is -0.338 e. The number of amides is 4. The predicted octanol–water partition coefficient (Wildman–Crippen LogP) is -1.33. The van der Waals surface area contributed by atoms with Crippen LogP contribution in [-0.2, 0) is 9.59 Å². The number of nitrogens with zero attached hydrogens (tertiary/aromatic N) is 1. The Labute approximate surface area is 75.3 Å². The summed E-state index contributed by atoms with van der Waals surface area (Å²) >= 11 is 0. The van der Waals surface area contributed by atoms with Crippen LogP contribution in [0.3, 0.4) is 0 Å². The quantitative estimate of drug-likeness (QED) is 0.497. The standard InChI is InChI=1S/C7H11N3O3/c1-2-8-7(13)10-3-5(11)9-6(12)4-10/h2-4H2,1H3,(H,8,13)(H,9,11,12). The first-order valence-corrected chi connectivity index (χ1v) is 3.99. The third-order valence-electron chi connectivity index (χ3n) is 1.56. The van der Waals surface area contributed by atoms with E-state index in [9.17, 15) is 14.4 Å². The highest BCUT2D eigenvalue weighted by molar-refractivity contribution is 6.02. The van der Waals surface area contributed by atoms with Crippen molar-refractivity contribution in [2.45, 2.75) is 6.92 Å². The third kappa shape index (κ3) is 2.43. The molecular weight excluding hydrogens is 174 g/mol. The maximum Gasteiger partial charge on any atom is 0.318 e. The van der Waals surface area contributed by atoms with Crippen molar-refractivity contribution in [3.8, 4) is 0 Å². The summed E-state index contributed by atoms with van der Waals surface area (Å²) in [5.41, 5.74) is 0. The van der Waals surface area contributed by atoms with Gasteiger partial charge in [0.25, 0.3) is 0 Å². The average Bonchev–Trinajstić information content (AvgIpc) is 2.03. The molecule has 0 aromatic carbocycles. The summed E-state index contributed by atoms with van der Waals surface area (Å²) < 4.78 is 0. The van der Waals surface area contributed by atoms with Crippen LogP contribution in [0, 0.1) is 0 Å². The van der Waals surface area contributed by atoms with Crippen molar-refractivity contribution in [2.24, 2.45) is 0 Å². The highest BCUT2D eigenvalue weighted by Crippen LogP contribution is 1.94. The minimum atomic E-state index is -0.442. The fraction of sp³-hybridized carbons (Fsp3) is 0.571. The molecule has 6 heteroatoms. The number of hydrogen-bond acceptors (Lipinski definition) is 3. The van der Waals surface area contributed by atoms with Gasteiger partial charge in [0.1, 0.15) is 13.1 Å². The van der Waals surface area contributed by atoms with Gasteiger partial charge < -0.3 is 10.2 Å². The molecule has 72 valence electrons. The Balaban J connectivity index is 2.54. The molecule has 1 aliphatic heterocycles. The zero-order chi connectivity index (χ0) is 9.84. The first kappa shape index (κ1) is 9.50. The van der Waals surface area contributed by atoms with Crippen LogP contribution in [0.1, 0.15) is 6.92 Å². The molecule has 1 heterocycles. The first-order chi connectivity index (χ1) is 6.13. The maximum atomic E-state index is 11.2. The molecule has 1 aliphatic rings. The number of imide groups is 1. The monoisotopic (exact) mass is 185 g/mol. The SMILES string of the molecule is CCNC(=O)N1CC(=O)NC(=O)C1. The Bertz CT molecular complexity index is 235. The van der Waals surface area contributed by atoms with E-state index in [1.807, 2.05) is 0 Å². The molecule has 0 aromatic heterocycles. The van der Waals surface area contributed by atoms with Gasteiger partial charge in [0.2, 0.25) is 11.8 Å². The second-order valence-corrected chi connectivity index (χ2v) is 2.66. The van der Waals surface area contributed by atoms with Crippen LogP contribution in [0.5, 0.6) is 0 Å². The Morgan fingerprint density at radius 2 is 2.00 bits per heavy atom. The van der Waals surface area contributed by atoms with E-state index in [4.69, 9.17) is 0 Å². The lowest BCUT2D eigenvalue weighted by Gasteiger charge is -2.25. The Morgan fingerprint density at radius 1 is 1.46 bits per heavy atom. The molecule has 0 bridgehead atoms. The summed E-state index contributed by atoms with van der Waals surface area (Å²) in [6.07, 6.45) is 0. The van der Waals surface area contributed by atoms with Gasteiger partial charge in [-0.15, -0.1) is 0 Å². The molecule has 0 atom stereocenters. The van der Waals surface area contributed by atoms with Gasteiger partial charge in [0, 0.05) is 6.54 Å². The van der Waals surface area contributed by atoms with Gasteiger partial charge in [0.15, 0.2) is 0 Å². The van der Waals surface area contributed by atoms with Crippen molar-refractivity contribution in [3.63, 3.8) is 0 Å². The smallest absolute Gasteiger partial charge is 0.318 e. The molecule has 1 rings (SSSR count). The lowest BCUT2D eigenvalue weighted by atomic mass is 10.3. The van der Waals surface area contributed by atoms with E-state index in [-0.39, 0.29) is 19.1 Å². The van der Waals surface area contributed by atoms with Gasteiger partial charge >= 0.3 is 6.03 Å². The second-order valence-electron chi connectivity index (χ2n) is 2.66. The molecule has 0 saturated carbocycles. The Morgan fingerprint density at radius 3 is 2.46 bits per heavy atom. The van der Waals surface area contributed by atoms with Crippen LogP contribution in [0.2, 0.25) is 0 Å². The highest BCUT2D eigenvalue weighted by atomic mass is 16.2. The summed E-state index contributed by atoms with van der Waals surface area (Å²) in [4.78, 5) is 34.0. The summed E-state index contributed by atoms with van der Waals surface area (Å²) in [6.45, 7) is 2.13. The number of nitrogens with one attached hydrogen (secondary N) is 2. The van der Waals surface area contributed by atoms with Crippen molar-refractivity contribution < 1.29 is 14.4 Å². The van der Waals surface area contributed by atoms with Crippen LogP contribution >= 0.6 is 0 Å². The fourth-order valence-corrected chi connectivity index (χ4v) is 1.04. The van der Waals surface area contributed by atoms with Crippen LogP contribution in [-0.4, -0.2) is 42.4 Å². The fourth-order valence-electron chi connectivity index (χ4n) is 1.04. The number of urea groups is 1. The zero-order valence-electron chi connectivity index (χ0n) is 7.29. The number of carbonyl (C=O) groups is 3. The van der Waals surface area contributed by atoms with Gasteiger partial charge in [-0.1, -0.05) is 0 Å². The summed E-state index contributed by atoms with van der Waals surface area (Å²) in [5, 5.41) is 4.62. The summed E-state index contributed by atoms with van der Waals surface area (Å²) in [7, 11) is 0. The van der Waals surface area contributed by atoms with E-state index in [0.717, 1.165) is 0 Å². The van der Waals surface area contributed by atoms with Crippen molar-refractivity contribution in [3.05, 3.63) is 0 Å². The molecule has 0 aromatic rings. The molecule has 6 nitrogen and oxygen atoms in total. The number of piperazine rings is 1. The Hall–Kier alpha value is -1.59. The van der Waals surface area contributed by atoms with Gasteiger partial charge in [-0.25, -0.2) is 4.79 Å². The van der Waals surface area contributed by atoms with Gasteiger partial charge in [-0.3, -0.25) is 14.9 Å². The maximum absolute atomic E-state index is 11.2. The van der Waals surface area contributed by atoms with E-state index >= 15 is 0 Å². The first-order valence-electron chi connectivity index (χ1n) is 3.99. The summed E-state index contributed by atoms with van der Waals surface area (Å²) in [6, 6.07) is -0.384.